The molecule has 1 aromatic carbocycles. The Balaban J connectivity index is 2.19. The van der Waals surface area contributed by atoms with E-state index in [0.29, 0.717) is 11.7 Å². The summed E-state index contributed by atoms with van der Waals surface area (Å²) in [4.78, 5) is 20.7. The number of benzene rings is 1. The first-order valence-electron chi connectivity index (χ1n) is 5.62. The van der Waals surface area contributed by atoms with Crippen LogP contribution in [0.1, 0.15) is 18.9 Å². The van der Waals surface area contributed by atoms with E-state index >= 15 is 0 Å². The summed E-state index contributed by atoms with van der Waals surface area (Å²) in [6, 6.07) is 7.14. The largest absolute Gasteiger partial charge is 0.461 e. The number of carbonyl (C=O) groups is 1. The number of aryl methyl sites for hydroxylation is 1. The normalized spacial score (nSPS) is 22.5. The summed E-state index contributed by atoms with van der Waals surface area (Å²) < 4.78 is 17.1. The fraction of sp³-hybridized carbons (Fsp3) is 0.417. The minimum Gasteiger partial charge on any atom is -0.461 e. The lowest BCUT2D eigenvalue weighted by Crippen LogP contribution is -2.36. The van der Waals surface area contributed by atoms with Gasteiger partial charge in [0.05, 0.1) is 12.6 Å². The molecule has 1 heterocycles. The van der Waals surface area contributed by atoms with Crippen LogP contribution >= 0.6 is 7.37 Å². The molecule has 1 aliphatic rings. The number of hydrogen-bond donors (Lipinski definition) is 1. The van der Waals surface area contributed by atoms with Crippen molar-refractivity contribution in [2.24, 2.45) is 0 Å². The summed E-state index contributed by atoms with van der Waals surface area (Å²) in [5.41, 5.74) is 0.879. The van der Waals surface area contributed by atoms with Crippen molar-refractivity contribution in [2.45, 2.75) is 25.9 Å². The molecule has 0 amide bonds. The summed E-state index contributed by atoms with van der Waals surface area (Å²) in [5.74, 6) is -0.293. The lowest BCUT2D eigenvalue weighted by atomic mass is 10.2. The Morgan fingerprint density at radius 2 is 2.12 bits per heavy atom. The molecule has 0 aliphatic carbocycles. The van der Waals surface area contributed by atoms with Crippen LogP contribution in [-0.2, 0) is 20.5 Å². The molecule has 2 atom stereocenters. The zero-order valence-electron chi connectivity index (χ0n) is 9.63. The van der Waals surface area contributed by atoms with E-state index in [-0.39, 0.29) is 18.6 Å². The van der Waals surface area contributed by atoms with Crippen LogP contribution < -0.4 is 5.30 Å². The lowest BCUT2D eigenvalue weighted by Gasteiger charge is -2.27. The summed E-state index contributed by atoms with van der Waals surface area (Å²) in [6.07, 6.45) is 0.586. The Kier molecular flexibility index (Phi) is 3.36. The van der Waals surface area contributed by atoms with E-state index in [1.807, 2.05) is 19.1 Å². The molecule has 92 valence electrons. The van der Waals surface area contributed by atoms with Crippen LogP contribution in [0.15, 0.2) is 24.3 Å². The average molecular weight is 254 g/mol. The van der Waals surface area contributed by atoms with E-state index in [9.17, 15) is 14.3 Å². The van der Waals surface area contributed by atoms with Gasteiger partial charge in [0.2, 0.25) is 7.37 Å². The summed E-state index contributed by atoms with van der Waals surface area (Å²) in [5, 5.41) is 0.491. The highest BCUT2D eigenvalue weighted by Gasteiger charge is 2.36. The molecule has 1 aliphatic heterocycles. The quantitative estimate of drug-likeness (QED) is 0.652. The predicted octanol–water partition coefficient (Wildman–Crippen LogP) is 1.46. The Hall–Kier alpha value is -1.12. The average Bonchev–Trinajstić information content (AvgIpc) is 2.26. The van der Waals surface area contributed by atoms with Gasteiger partial charge in [-0.05, 0) is 18.1 Å². The molecule has 5 heteroatoms. The van der Waals surface area contributed by atoms with Crippen LogP contribution in [0.3, 0.4) is 0 Å². The third-order valence-electron chi connectivity index (χ3n) is 2.89. The van der Waals surface area contributed by atoms with Crippen LogP contribution in [0.5, 0.6) is 0 Å². The SMILES string of the molecule is CCc1ccccc1P(=O)(O)CC1CC(=O)O1. The van der Waals surface area contributed by atoms with Gasteiger partial charge in [0, 0.05) is 5.30 Å². The molecule has 0 spiro atoms. The maximum absolute atomic E-state index is 12.3. The Bertz CT molecular complexity index is 475. The molecule has 4 nitrogen and oxygen atoms in total. The number of hydrogen-bond acceptors (Lipinski definition) is 3. The molecular weight excluding hydrogens is 239 g/mol. The second-order valence-corrected chi connectivity index (χ2v) is 6.43. The molecule has 1 fully saturated rings. The zero-order chi connectivity index (χ0) is 12.5. The standard InChI is InChI=1S/C12H15O4P/c1-2-9-5-3-4-6-11(9)17(14,15)8-10-7-12(13)16-10/h3-6,10H,2,7-8H2,1H3,(H,14,15). The van der Waals surface area contributed by atoms with Crippen LogP contribution in [0, 0.1) is 0 Å². The monoisotopic (exact) mass is 254 g/mol. The van der Waals surface area contributed by atoms with E-state index < -0.39 is 13.5 Å². The fourth-order valence-electron chi connectivity index (χ4n) is 1.99. The van der Waals surface area contributed by atoms with Gasteiger partial charge >= 0.3 is 5.97 Å². The highest BCUT2D eigenvalue weighted by Crippen LogP contribution is 2.43. The number of ether oxygens (including phenoxy) is 1. The van der Waals surface area contributed by atoms with Crippen molar-refractivity contribution < 1.29 is 19.0 Å². The topological polar surface area (TPSA) is 63.6 Å². The van der Waals surface area contributed by atoms with Gasteiger partial charge in [-0.2, -0.15) is 0 Å². The Labute approximate surface area is 100 Å². The van der Waals surface area contributed by atoms with Crippen molar-refractivity contribution in [3.8, 4) is 0 Å². The van der Waals surface area contributed by atoms with Gasteiger partial charge in [-0.15, -0.1) is 0 Å². The lowest BCUT2D eigenvalue weighted by molar-refractivity contribution is -0.166. The summed E-state index contributed by atoms with van der Waals surface area (Å²) >= 11 is 0. The van der Waals surface area contributed by atoms with Crippen molar-refractivity contribution >= 4 is 18.6 Å². The number of esters is 1. The molecule has 1 aromatic rings. The minimum absolute atomic E-state index is 0.0236. The first kappa shape index (κ1) is 12.3. The maximum Gasteiger partial charge on any atom is 0.309 e. The highest BCUT2D eigenvalue weighted by molar-refractivity contribution is 7.66. The van der Waals surface area contributed by atoms with Gasteiger partial charge in [0.1, 0.15) is 6.10 Å². The second kappa shape index (κ2) is 4.63. The second-order valence-electron chi connectivity index (χ2n) is 4.18. The number of carbonyl (C=O) groups excluding carboxylic acids is 1. The third-order valence-corrected chi connectivity index (χ3v) is 4.98. The molecule has 0 radical (unpaired) electrons. The van der Waals surface area contributed by atoms with Crippen molar-refractivity contribution in [3.05, 3.63) is 29.8 Å². The van der Waals surface area contributed by atoms with Crippen molar-refractivity contribution in [1.82, 2.24) is 0 Å². The molecule has 2 unspecified atom stereocenters. The minimum atomic E-state index is -3.42. The van der Waals surface area contributed by atoms with Crippen molar-refractivity contribution in [2.75, 3.05) is 6.16 Å². The van der Waals surface area contributed by atoms with Crippen LogP contribution in [-0.4, -0.2) is 23.1 Å². The molecule has 0 bridgehead atoms. The van der Waals surface area contributed by atoms with Crippen molar-refractivity contribution in [1.29, 1.82) is 0 Å². The maximum atomic E-state index is 12.3. The highest BCUT2D eigenvalue weighted by atomic mass is 31.2. The predicted molar refractivity (Wildman–Crippen MR) is 64.6 cm³/mol. The number of rotatable bonds is 4. The van der Waals surface area contributed by atoms with E-state index in [1.165, 1.54) is 0 Å². The number of cyclic esters (lactones) is 1. The Morgan fingerprint density at radius 3 is 2.71 bits per heavy atom. The third kappa shape index (κ3) is 2.59. The van der Waals surface area contributed by atoms with Crippen LogP contribution in [0.2, 0.25) is 0 Å². The van der Waals surface area contributed by atoms with Gasteiger partial charge in [0.15, 0.2) is 0 Å². The molecular formula is C12H15O4P. The molecule has 2 rings (SSSR count). The molecule has 0 saturated carbocycles. The first-order valence-corrected chi connectivity index (χ1v) is 7.47. The van der Waals surface area contributed by atoms with Crippen LogP contribution in [0.4, 0.5) is 0 Å². The first-order chi connectivity index (χ1) is 8.03. The molecule has 0 aromatic heterocycles. The van der Waals surface area contributed by atoms with Crippen molar-refractivity contribution in [3.63, 3.8) is 0 Å². The van der Waals surface area contributed by atoms with Gasteiger partial charge in [-0.1, -0.05) is 25.1 Å². The van der Waals surface area contributed by atoms with E-state index in [4.69, 9.17) is 4.74 Å². The summed E-state index contributed by atoms with van der Waals surface area (Å²) in [7, 11) is -3.42. The molecule has 1 saturated heterocycles. The van der Waals surface area contributed by atoms with Crippen LogP contribution in [0.25, 0.3) is 0 Å². The fourth-order valence-corrected chi connectivity index (χ4v) is 3.94. The molecule has 1 N–H and O–H groups in total. The van der Waals surface area contributed by atoms with E-state index in [1.54, 1.807) is 12.1 Å². The molecule has 17 heavy (non-hydrogen) atoms. The van der Waals surface area contributed by atoms with Gasteiger partial charge in [-0.3, -0.25) is 9.36 Å². The van der Waals surface area contributed by atoms with Gasteiger partial charge in [-0.25, -0.2) is 0 Å². The smallest absolute Gasteiger partial charge is 0.309 e. The zero-order valence-corrected chi connectivity index (χ0v) is 10.5. The Morgan fingerprint density at radius 1 is 1.47 bits per heavy atom. The van der Waals surface area contributed by atoms with E-state index in [2.05, 4.69) is 0 Å². The van der Waals surface area contributed by atoms with E-state index in [0.717, 1.165) is 5.56 Å². The van der Waals surface area contributed by atoms with Gasteiger partial charge < -0.3 is 9.63 Å². The summed E-state index contributed by atoms with van der Waals surface area (Å²) in [6.45, 7) is 1.95. The van der Waals surface area contributed by atoms with Gasteiger partial charge in [0.25, 0.3) is 0 Å².